The monoisotopic (exact) mass is 330 g/mol. The third-order valence-corrected chi connectivity index (χ3v) is 4.15. The Kier molecular flexibility index (Phi) is 6.29. The Morgan fingerprint density at radius 1 is 1.08 bits per heavy atom. The summed E-state index contributed by atoms with van der Waals surface area (Å²) in [5, 5.41) is 3.41. The molecule has 130 valence electrons. The Morgan fingerprint density at radius 2 is 1.92 bits per heavy atom. The molecule has 1 saturated heterocycles. The minimum Gasteiger partial charge on any atom is -0.492 e. The van der Waals surface area contributed by atoms with Crippen molar-refractivity contribution >= 4 is 0 Å². The summed E-state index contributed by atoms with van der Waals surface area (Å²) in [6.45, 7) is 8.72. The lowest BCUT2D eigenvalue weighted by molar-refractivity contribution is 0.0322. The molecule has 0 bridgehead atoms. The summed E-state index contributed by atoms with van der Waals surface area (Å²) in [5.41, 5.74) is 1.17. The minimum atomic E-state index is 0.703. The molecule has 1 aromatic heterocycles. The van der Waals surface area contributed by atoms with Crippen LogP contribution in [0.5, 0.6) is 5.75 Å². The van der Waals surface area contributed by atoms with E-state index in [9.17, 15) is 0 Å². The van der Waals surface area contributed by atoms with E-state index in [2.05, 4.69) is 16.3 Å². The summed E-state index contributed by atoms with van der Waals surface area (Å²) < 4.78 is 16.9. The van der Waals surface area contributed by atoms with Gasteiger partial charge in [0.15, 0.2) is 0 Å². The summed E-state index contributed by atoms with van der Waals surface area (Å²) in [6, 6.07) is 12.2. The van der Waals surface area contributed by atoms with Gasteiger partial charge in [-0.1, -0.05) is 18.2 Å². The summed E-state index contributed by atoms with van der Waals surface area (Å²) in [6.07, 6.45) is 0. The molecule has 1 aromatic carbocycles. The van der Waals surface area contributed by atoms with Gasteiger partial charge >= 0.3 is 0 Å². The molecule has 5 nitrogen and oxygen atoms in total. The Bertz CT molecular complexity index is 621. The second kappa shape index (κ2) is 8.87. The first-order valence-electron chi connectivity index (χ1n) is 8.58. The van der Waals surface area contributed by atoms with Crippen molar-refractivity contribution in [2.45, 2.75) is 20.0 Å². The van der Waals surface area contributed by atoms with Crippen LogP contribution in [0.25, 0.3) is 0 Å². The first-order valence-corrected chi connectivity index (χ1v) is 8.58. The molecule has 1 aliphatic rings. The Labute approximate surface area is 143 Å². The van der Waals surface area contributed by atoms with Crippen molar-refractivity contribution < 1.29 is 13.9 Å². The molecule has 0 radical (unpaired) electrons. The van der Waals surface area contributed by atoms with Gasteiger partial charge in [0.25, 0.3) is 0 Å². The summed E-state index contributed by atoms with van der Waals surface area (Å²) in [7, 11) is 0. The number of morpholine rings is 1. The van der Waals surface area contributed by atoms with Gasteiger partial charge in [0.2, 0.25) is 0 Å². The highest BCUT2D eigenvalue weighted by molar-refractivity contribution is 5.33. The van der Waals surface area contributed by atoms with Crippen molar-refractivity contribution in [2.24, 2.45) is 0 Å². The number of furan rings is 1. The highest BCUT2D eigenvalue weighted by Gasteiger charge is 2.10. The van der Waals surface area contributed by atoms with Crippen molar-refractivity contribution in [1.29, 1.82) is 0 Å². The van der Waals surface area contributed by atoms with Gasteiger partial charge in [-0.15, -0.1) is 0 Å². The molecule has 2 aromatic rings. The zero-order valence-electron chi connectivity index (χ0n) is 14.3. The smallest absolute Gasteiger partial charge is 0.123 e. The van der Waals surface area contributed by atoms with Gasteiger partial charge in [-0.2, -0.15) is 0 Å². The van der Waals surface area contributed by atoms with Crippen LogP contribution in [0.15, 0.2) is 40.8 Å². The second-order valence-corrected chi connectivity index (χ2v) is 6.03. The van der Waals surface area contributed by atoms with Crippen molar-refractivity contribution in [3.05, 3.63) is 53.5 Å². The van der Waals surface area contributed by atoms with E-state index >= 15 is 0 Å². The largest absolute Gasteiger partial charge is 0.492 e. The lowest BCUT2D eigenvalue weighted by Crippen LogP contribution is -2.38. The number of rotatable bonds is 8. The number of aryl methyl sites for hydroxylation is 1. The topological polar surface area (TPSA) is 46.9 Å². The highest BCUT2D eigenvalue weighted by Crippen LogP contribution is 2.18. The van der Waals surface area contributed by atoms with E-state index < -0.39 is 0 Å². The van der Waals surface area contributed by atoms with Crippen LogP contribution in [0.2, 0.25) is 0 Å². The fourth-order valence-corrected chi connectivity index (χ4v) is 2.80. The Morgan fingerprint density at radius 3 is 2.71 bits per heavy atom. The average Bonchev–Trinajstić information content (AvgIpc) is 3.02. The minimum absolute atomic E-state index is 0.703. The van der Waals surface area contributed by atoms with E-state index in [4.69, 9.17) is 13.9 Å². The highest BCUT2D eigenvalue weighted by atomic mass is 16.5. The van der Waals surface area contributed by atoms with Crippen molar-refractivity contribution in [3.63, 3.8) is 0 Å². The molecule has 0 unspecified atom stereocenters. The molecule has 2 heterocycles. The second-order valence-electron chi connectivity index (χ2n) is 6.03. The van der Waals surface area contributed by atoms with Gasteiger partial charge in [-0.3, -0.25) is 4.90 Å². The van der Waals surface area contributed by atoms with Crippen LogP contribution in [0.3, 0.4) is 0 Å². The summed E-state index contributed by atoms with van der Waals surface area (Å²) in [4.78, 5) is 2.38. The van der Waals surface area contributed by atoms with Crippen LogP contribution in [0.1, 0.15) is 17.1 Å². The lowest BCUT2D eigenvalue weighted by atomic mass is 10.2. The summed E-state index contributed by atoms with van der Waals surface area (Å²) >= 11 is 0. The van der Waals surface area contributed by atoms with Gasteiger partial charge < -0.3 is 19.2 Å². The van der Waals surface area contributed by atoms with Crippen molar-refractivity contribution in [2.75, 3.05) is 39.5 Å². The third kappa shape index (κ3) is 5.09. The SMILES string of the molecule is Cc1ccc(CNCc2ccccc2OCCN2CCOCC2)o1. The van der Waals surface area contributed by atoms with Crippen molar-refractivity contribution in [3.8, 4) is 5.75 Å². The van der Waals surface area contributed by atoms with E-state index in [1.807, 2.05) is 37.3 Å². The fourth-order valence-electron chi connectivity index (χ4n) is 2.80. The quantitative estimate of drug-likeness (QED) is 0.806. The van der Waals surface area contributed by atoms with Crippen LogP contribution >= 0.6 is 0 Å². The Balaban J connectivity index is 1.45. The van der Waals surface area contributed by atoms with Gasteiger partial charge in [0.05, 0.1) is 19.8 Å². The first kappa shape index (κ1) is 17.0. The predicted molar refractivity (Wildman–Crippen MR) is 93.2 cm³/mol. The summed E-state index contributed by atoms with van der Waals surface area (Å²) in [5.74, 6) is 2.85. The number of hydrogen-bond acceptors (Lipinski definition) is 5. The Hall–Kier alpha value is -1.82. The molecular weight excluding hydrogens is 304 g/mol. The maximum atomic E-state index is 6.00. The molecule has 1 N–H and O–H groups in total. The third-order valence-electron chi connectivity index (χ3n) is 4.15. The maximum Gasteiger partial charge on any atom is 0.123 e. The van der Waals surface area contributed by atoms with Gasteiger partial charge in [0.1, 0.15) is 23.9 Å². The molecule has 3 rings (SSSR count). The van der Waals surface area contributed by atoms with Crippen LogP contribution in [-0.4, -0.2) is 44.4 Å². The molecule has 0 atom stereocenters. The van der Waals surface area contributed by atoms with E-state index in [1.54, 1.807) is 0 Å². The first-order chi connectivity index (χ1) is 11.8. The average molecular weight is 330 g/mol. The number of nitrogens with zero attached hydrogens (tertiary/aromatic N) is 1. The van der Waals surface area contributed by atoms with E-state index in [-0.39, 0.29) is 0 Å². The fraction of sp³-hybridized carbons (Fsp3) is 0.474. The standard InChI is InChI=1S/C19H26N2O3/c1-16-6-7-18(24-16)15-20-14-17-4-2-3-5-19(17)23-13-10-21-8-11-22-12-9-21/h2-7,20H,8-15H2,1H3. The van der Waals surface area contributed by atoms with E-state index in [0.29, 0.717) is 6.61 Å². The molecular formula is C19H26N2O3. The molecule has 1 fully saturated rings. The molecule has 0 amide bonds. The van der Waals surface area contributed by atoms with Crippen LogP contribution in [-0.2, 0) is 17.8 Å². The zero-order valence-corrected chi connectivity index (χ0v) is 14.3. The normalized spacial score (nSPS) is 15.5. The van der Waals surface area contributed by atoms with Gasteiger partial charge in [-0.25, -0.2) is 0 Å². The number of nitrogens with one attached hydrogen (secondary N) is 1. The lowest BCUT2D eigenvalue weighted by Gasteiger charge is -2.26. The molecule has 0 saturated carbocycles. The van der Waals surface area contributed by atoms with Crippen LogP contribution in [0, 0.1) is 6.92 Å². The number of para-hydroxylation sites is 1. The number of ether oxygens (including phenoxy) is 2. The number of hydrogen-bond donors (Lipinski definition) is 1. The van der Waals surface area contributed by atoms with E-state index in [0.717, 1.165) is 63.2 Å². The van der Waals surface area contributed by atoms with Crippen molar-refractivity contribution in [1.82, 2.24) is 10.2 Å². The molecule has 1 aliphatic heterocycles. The number of benzene rings is 1. The molecule has 0 aliphatic carbocycles. The molecule has 0 spiro atoms. The maximum absolute atomic E-state index is 6.00. The predicted octanol–water partition coefficient (Wildman–Crippen LogP) is 2.59. The van der Waals surface area contributed by atoms with E-state index in [1.165, 1.54) is 5.56 Å². The van der Waals surface area contributed by atoms with Crippen LogP contribution in [0.4, 0.5) is 0 Å². The molecule has 24 heavy (non-hydrogen) atoms. The van der Waals surface area contributed by atoms with Crippen LogP contribution < -0.4 is 10.1 Å². The zero-order chi connectivity index (χ0) is 16.6. The van der Waals surface area contributed by atoms with Gasteiger partial charge in [-0.05, 0) is 25.1 Å². The molecule has 5 heteroatoms. The van der Waals surface area contributed by atoms with Gasteiger partial charge in [0, 0.05) is 31.7 Å².